The summed E-state index contributed by atoms with van der Waals surface area (Å²) in [6.45, 7) is 9.25. The monoisotopic (exact) mass is 256 g/mol. The van der Waals surface area contributed by atoms with Gasteiger partial charge in [-0.3, -0.25) is 4.90 Å². The minimum Gasteiger partial charge on any atom is -0.480 e. The molecule has 1 aliphatic heterocycles. The molecule has 0 spiro atoms. The van der Waals surface area contributed by atoms with Gasteiger partial charge in [-0.1, -0.05) is 13.8 Å². The maximum Gasteiger partial charge on any atom is 0.411 e. The summed E-state index contributed by atoms with van der Waals surface area (Å²) in [5, 5.41) is 9.36. The van der Waals surface area contributed by atoms with Crippen LogP contribution in [0.4, 0.5) is 4.79 Å². The molecule has 1 N–H and O–H groups in total. The molecule has 0 aromatic carbocycles. The number of amides is 1. The molecule has 102 valence electrons. The van der Waals surface area contributed by atoms with Gasteiger partial charge in [-0.2, -0.15) is 0 Å². The van der Waals surface area contributed by atoms with Crippen LogP contribution in [-0.4, -0.2) is 40.3 Å². The Labute approximate surface area is 109 Å². The largest absolute Gasteiger partial charge is 0.480 e. The second-order valence-corrected chi connectivity index (χ2v) is 6.60. The number of hydrogen-bond donors (Lipinski definition) is 1. The van der Waals surface area contributed by atoms with Gasteiger partial charge >= 0.3 is 12.1 Å². The van der Waals surface area contributed by atoms with Crippen molar-refractivity contribution >= 4 is 12.1 Å². The SMILES string of the molecule is [2H][C@]12[C@H](CN(C(=O)OC(C)(C)C)[C@@H]1C(=O)O)C2(C)C. The van der Waals surface area contributed by atoms with Crippen LogP contribution in [0.25, 0.3) is 0 Å². The Hall–Kier alpha value is -1.26. The van der Waals surface area contributed by atoms with Crippen LogP contribution in [0.15, 0.2) is 0 Å². The number of fused-ring (bicyclic) bond motifs is 1. The van der Waals surface area contributed by atoms with Gasteiger partial charge in [0.1, 0.15) is 11.6 Å². The summed E-state index contributed by atoms with van der Waals surface area (Å²) in [6.07, 6.45) is -0.644. The standard InChI is InChI=1S/C13H21NO4/c1-12(2,3)18-11(17)14-6-7-8(13(7,4)5)9(14)10(15)16/h7-9H,6H2,1-5H3,(H,15,16)/t7-,8-,9-/m0/s1/i8D. The number of carboxylic acid groups (broad SMARTS) is 1. The highest BCUT2D eigenvalue weighted by atomic mass is 16.6. The first-order valence-corrected chi connectivity index (χ1v) is 6.15. The quantitative estimate of drug-likeness (QED) is 0.778. The molecule has 1 saturated heterocycles. The molecule has 2 aliphatic rings. The number of carbonyl (C=O) groups is 2. The van der Waals surface area contributed by atoms with Crippen molar-refractivity contribution in [2.45, 2.75) is 46.3 Å². The van der Waals surface area contributed by atoms with Crippen molar-refractivity contribution < 1.29 is 20.8 Å². The Kier molecular flexibility index (Phi) is 2.37. The van der Waals surface area contributed by atoms with E-state index >= 15 is 0 Å². The van der Waals surface area contributed by atoms with E-state index in [0.717, 1.165) is 0 Å². The molecule has 0 unspecified atom stereocenters. The molecule has 1 aliphatic carbocycles. The number of rotatable bonds is 1. The lowest BCUT2D eigenvalue weighted by Crippen LogP contribution is -2.47. The van der Waals surface area contributed by atoms with Crippen LogP contribution in [0.1, 0.15) is 36.0 Å². The number of ether oxygens (including phenoxy) is 1. The summed E-state index contributed by atoms with van der Waals surface area (Å²) in [5.41, 5.74) is -1.04. The number of likely N-dealkylation sites (tertiary alicyclic amines) is 1. The normalized spacial score (nSPS) is 37.8. The van der Waals surface area contributed by atoms with Gasteiger partial charge in [0.2, 0.25) is 0 Å². The molecule has 0 aromatic rings. The fourth-order valence-corrected chi connectivity index (χ4v) is 2.78. The maximum atomic E-state index is 12.1. The predicted octanol–water partition coefficient (Wildman–Crippen LogP) is 1.96. The third-order valence-corrected chi connectivity index (χ3v) is 3.75. The minimum absolute atomic E-state index is 0.103. The molecule has 2 rings (SSSR count). The highest BCUT2D eigenvalue weighted by Gasteiger charge is 2.70. The van der Waals surface area contributed by atoms with Crippen LogP contribution < -0.4 is 0 Å². The van der Waals surface area contributed by atoms with E-state index in [0.29, 0.717) is 0 Å². The van der Waals surface area contributed by atoms with Crippen LogP contribution in [-0.2, 0) is 9.53 Å². The number of aliphatic carboxylic acids is 1. The molecule has 1 saturated carbocycles. The van der Waals surface area contributed by atoms with Crippen molar-refractivity contribution in [3.8, 4) is 0 Å². The van der Waals surface area contributed by atoms with Crippen LogP contribution in [0.2, 0.25) is 0 Å². The lowest BCUT2D eigenvalue weighted by Gasteiger charge is -2.30. The van der Waals surface area contributed by atoms with Crippen molar-refractivity contribution in [1.82, 2.24) is 4.90 Å². The van der Waals surface area contributed by atoms with Crippen LogP contribution in [0.3, 0.4) is 0 Å². The van der Waals surface area contributed by atoms with Gasteiger partial charge in [-0.25, -0.2) is 9.59 Å². The van der Waals surface area contributed by atoms with Gasteiger partial charge in [-0.15, -0.1) is 0 Å². The minimum atomic E-state index is -1.13. The molecule has 1 amide bonds. The zero-order valence-electron chi connectivity index (χ0n) is 12.5. The topological polar surface area (TPSA) is 66.8 Å². The van der Waals surface area contributed by atoms with Crippen molar-refractivity contribution in [3.05, 3.63) is 0 Å². The predicted molar refractivity (Wildman–Crippen MR) is 65.1 cm³/mol. The number of carboxylic acids is 1. The zero-order chi connectivity index (χ0) is 14.8. The first-order chi connectivity index (χ1) is 8.43. The highest BCUT2D eigenvalue weighted by Crippen LogP contribution is 2.64. The smallest absolute Gasteiger partial charge is 0.411 e. The number of carbonyl (C=O) groups excluding carboxylic acids is 1. The van der Waals surface area contributed by atoms with Gasteiger partial charge in [0, 0.05) is 13.8 Å². The highest BCUT2D eigenvalue weighted by molar-refractivity contribution is 5.82. The van der Waals surface area contributed by atoms with Crippen LogP contribution in [0, 0.1) is 17.2 Å². The van der Waals surface area contributed by atoms with E-state index in [1.807, 2.05) is 13.8 Å². The number of piperidine rings is 1. The summed E-state index contributed by atoms with van der Waals surface area (Å²) in [7, 11) is 0. The molecule has 1 heterocycles. The first-order valence-electron chi connectivity index (χ1n) is 6.65. The summed E-state index contributed by atoms with van der Waals surface area (Å²) in [4.78, 5) is 24.7. The van der Waals surface area contributed by atoms with Crippen molar-refractivity contribution in [2.75, 3.05) is 6.54 Å². The maximum absolute atomic E-state index is 12.1. The van der Waals surface area contributed by atoms with Gasteiger partial charge in [-0.05, 0) is 32.1 Å². The van der Waals surface area contributed by atoms with Crippen molar-refractivity contribution in [2.24, 2.45) is 17.2 Å². The first kappa shape index (κ1) is 11.8. The van der Waals surface area contributed by atoms with Gasteiger partial charge < -0.3 is 9.84 Å². The molecule has 3 atom stereocenters. The number of hydrogen-bond acceptors (Lipinski definition) is 3. The Morgan fingerprint density at radius 3 is 2.44 bits per heavy atom. The Balaban J connectivity index is 2.22. The summed E-state index contributed by atoms with van der Waals surface area (Å²) in [6, 6.07) is -1.12. The summed E-state index contributed by atoms with van der Waals surface area (Å²) >= 11 is 0. The van der Waals surface area contributed by atoms with E-state index in [1.54, 1.807) is 20.8 Å². The fourth-order valence-electron chi connectivity index (χ4n) is 2.78. The lowest BCUT2D eigenvalue weighted by atomic mass is 10.0. The average molecular weight is 256 g/mol. The average Bonchev–Trinajstić information content (AvgIpc) is 2.53. The van der Waals surface area contributed by atoms with Crippen LogP contribution in [0.5, 0.6) is 0 Å². The van der Waals surface area contributed by atoms with E-state index < -0.39 is 29.6 Å². The molecule has 0 aromatic heterocycles. The van der Waals surface area contributed by atoms with E-state index in [2.05, 4.69) is 0 Å². The fraction of sp³-hybridized carbons (Fsp3) is 0.846. The third kappa shape index (κ3) is 1.95. The van der Waals surface area contributed by atoms with E-state index in [1.165, 1.54) is 4.90 Å². The molecule has 18 heavy (non-hydrogen) atoms. The molecule has 0 bridgehead atoms. The van der Waals surface area contributed by atoms with Gasteiger partial charge in [0.15, 0.2) is 0 Å². The van der Waals surface area contributed by atoms with Gasteiger partial charge in [0.25, 0.3) is 0 Å². The summed E-state index contributed by atoms with van der Waals surface area (Å²) < 4.78 is 13.6. The summed E-state index contributed by atoms with van der Waals surface area (Å²) in [5.74, 6) is -2.34. The van der Waals surface area contributed by atoms with Crippen LogP contribution >= 0.6 is 0 Å². The van der Waals surface area contributed by atoms with Gasteiger partial charge in [0.05, 0.1) is 0 Å². The number of nitrogens with zero attached hydrogens (tertiary/aromatic N) is 1. The Morgan fingerprint density at radius 2 is 2.00 bits per heavy atom. The van der Waals surface area contributed by atoms with Crippen molar-refractivity contribution in [1.29, 1.82) is 0 Å². The Morgan fingerprint density at radius 1 is 1.44 bits per heavy atom. The zero-order valence-corrected chi connectivity index (χ0v) is 11.5. The van der Waals surface area contributed by atoms with E-state index in [9.17, 15) is 14.7 Å². The molecule has 0 radical (unpaired) electrons. The molecule has 5 heteroatoms. The third-order valence-electron chi connectivity index (χ3n) is 3.75. The Bertz CT molecular complexity index is 442. The van der Waals surface area contributed by atoms with E-state index in [-0.39, 0.29) is 17.9 Å². The molecule has 2 fully saturated rings. The second kappa shape index (κ2) is 3.62. The molecular formula is C13H21NO4. The van der Waals surface area contributed by atoms with E-state index in [4.69, 9.17) is 6.11 Å². The lowest BCUT2D eigenvalue weighted by molar-refractivity contribution is -0.143. The van der Waals surface area contributed by atoms with Crippen molar-refractivity contribution in [3.63, 3.8) is 0 Å². The molecular weight excluding hydrogens is 234 g/mol. The second-order valence-electron chi connectivity index (χ2n) is 6.60. The molecule has 5 nitrogen and oxygen atoms in total.